The first-order chi connectivity index (χ1) is 8.32. The standard InChI is InChI=1S/C13H25NO4/c1-9(2)6-7-17-11(5)13(16)18-8-12(15)14-10(3)4/h9-11H,6-8H2,1-5H3,(H,14,15). The molecule has 0 aliphatic rings. The molecular weight excluding hydrogens is 234 g/mol. The maximum atomic E-state index is 11.5. The highest BCUT2D eigenvalue weighted by Crippen LogP contribution is 2.02. The first kappa shape index (κ1) is 16.9. The summed E-state index contributed by atoms with van der Waals surface area (Å²) in [5.41, 5.74) is 0. The lowest BCUT2D eigenvalue weighted by Crippen LogP contribution is -2.35. The first-order valence-electron chi connectivity index (χ1n) is 6.40. The van der Waals surface area contributed by atoms with Crippen molar-refractivity contribution >= 4 is 11.9 Å². The van der Waals surface area contributed by atoms with Crippen LogP contribution < -0.4 is 5.32 Å². The molecule has 0 rings (SSSR count). The summed E-state index contributed by atoms with van der Waals surface area (Å²) in [5.74, 6) is -0.268. The largest absolute Gasteiger partial charge is 0.454 e. The van der Waals surface area contributed by atoms with E-state index in [1.54, 1.807) is 6.92 Å². The molecule has 1 atom stereocenters. The zero-order valence-corrected chi connectivity index (χ0v) is 12.0. The van der Waals surface area contributed by atoms with Crippen LogP contribution in [0.5, 0.6) is 0 Å². The molecule has 0 saturated carbocycles. The van der Waals surface area contributed by atoms with Crippen molar-refractivity contribution in [2.45, 2.75) is 53.2 Å². The fourth-order valence-corrected chi connectivity index (χ4v) is 1.17. The van der Waals surface area contributed by atoms with E-state index in [-0.39, 0.29) is 18.6 Å². The van der Waals surface area contributed by atoms with E-state index in [0.717, 1.165) is 6.42 Å². The summed E-state index contributed by atoms with van der Waals surface area (Å²) in [6.07, 6.45) is 0.265. The number of carbonyl (C=O) groups is 2. The highest BCUT2D eigenvalue weighted by Gasteiger charge is 2.16. The fraction of sp³-hybridized carbons (Fsp3) is 0.846. The van der Waals surface area contributed by atoms with E-state index in [1.807, 2.05) is 13.8 Å². The Balaban J connectivity index is 3.77. The minimum atomic E-state index is -0.629. The topological polar surface area (TPSA) is 64.6 Å². The number of hydrogen-bond acceptors (Lipinski definition) is 4. The monoisotopic (exact) mass is 259 g/mol. The van der Waals surface area contributed by atoms with Gasteiger partial charge in [-0.3, -0.25) is 4.79 Å². The van der Waals surface area contributed by atoms with Crippen molar-refractivity contribution in [3.05, 3.63) is 0 Å². The number of esters is 1. The van der Waals surface area contributed by atoms with E-state index < -0.39 is 12.1 Å². The third kappa shape index (κ3) is 8.98. The number of hydrogen-bond donors (Lipinski definition) is 1. The van der Waals surface area contributed by atoms with Crippen LogP contribution in [0.2, 0.25) is 0 Å². The van der Waals surface area contributed by atoms with Crippen molar-refractivity contribution in [3.8, 4) is 0 Å². The zero-order chi connectivity index (χ0) is 14.1. The number of rotatable bonds is 8. The summed E-state index contributed by atoms with van der Waals surface area (Å²) in [5, 5.41) is 2.64. The van der Waals surface area contributed by atoms with Gasteiger partial charge in [-0.05, 0) is 33.1 Å². The van der Waals surface area contributed by atoms with Gasteiger partial charge in [0.05, 0.1) is 0 Å². The Morgan fingerprint density at radius 3 is 2.22 bits per heavy atom. The van der Waals surface area contributed by atoms with Gasteiger partial charge >= 0.3 is 5.97 Å². The average Bonchev–Trinajstić information content (AvgIpc) is 2.24. The minimum absolute atomic E-state index is 0.0379. The van der Waals surface area contributed by atoms with Crippen molar-refractivity contribution in [1.82, 2.24) is 5.32 Å². The highest BCUT2D eigenvalue weighted by atomic mass is 16.6. The molecule has 0 aromatic rings. The SMILES string of the molecule is CC(C)CCOC(C)C(=O)OCC(=O)NC(C)C. The molecule has 18 heavy (non-hydrogen) atoms. The smallest absolute Gasteiger partial charge is 0.335 e. The van der Waals surface area contributed by atoms with E-state index in [2.05, 4.69) is 19.2 Å². The van der Waals surface area contributed by atoms with E-state index in [4.69, 9.17) is 9.47 Å². The van der Waals surface area contributed by atoms with Crippen LogP contribution in [0.25, 0.3) is 0 Å². The van der Waals surface area contributed by atoms with Gasteiger partial charge in [0.2, 0.25) is 0 Å². The second-order valence-corrected chi connectivity index (χ2v) is 5.03. The molecule has 0 heterocycles. The summed E-state index contributed by atoms with van der Waals surface area (Å²) in [7, 11) is 0. The molecule has 0 bridgehead atoms. The Morgan fingerprint density at radius 2 is 1.72 bits per heavy atom. The highest BCUT2D eigenvalue weighted by molar-refractivity contribution is 5.81. The number of ether oxygens (including phenoxy) is 2. The predicted octanol–water partition coefficient (Wildman–Crippen LogP) is 1.51. The second-order valence-electron chi connectivity index (χ2n) is 5.03. The molecule has 5 nitrogen and oxygen atoms in total. The van der Waals surface area contributed by atoms with E-state index in [1.165, 1.54) is 0 Å². The van der Waals surface area contributed by atoms with E-state index in [9.17, 15) is 9.59 Å². The van der Waals surface area contributed by atoms with Gasteiger partial charge in [0.1, 0.15) is 0 Å². The molecule has 1 unspecified atom stereocenters. The molecule has 0 aromatic heterocycles. The molecule has 0 fully saturated rings. The Kier molecular flexibility index (Phi) is 8.37. The summed E-state index contributed by atoms with van der Waals surface area (Å²) >= 11 is 0. The first-order valence-corrected chi connectivity index (χ1v) is 6.40. The Labute approximate surface area is 109 Å². The molecule has 5 heteroatoms. The second kappa shape index (κ2) is 8.91. The molecule has 0 radical (unpaired) electrons. The number of carbonyl (C=O) groups excluding carboxylic acids is 2. The van der Waals surface area contributed by atoms with Crippen LogP contribution in [0.15, 0.2) is 0 Å². The normalized spacial score (nSPS) is 12.6. The van der Waals surface area contributed by atoms with Gasteiger partial charge < -0.3 is 14.8 Å². The van der Waals surface area contributed by atoms with Crippen molar-refractivity contribution in [1.29, 1.82) is 0 Å². The van der Waals surface area contributed by atoms with Gasteiger partial charge in [-0.15, -0.1) is 0 Å². The van der Waals surface area contributed by atoms with Crippen LogP contribution in [-0.4, -0.2) is 37.2 Å². The predicted molar refractivity (Wildman–Crippen MR) is 69.1 cm³/mol. The number of amides is 1. The average molecular weight is 259 g/mol. The lowest BCUT2D eigenvalue weighted by molar-refractivity contribution is -0.159. The summed E-state index contributed by atoms with van der Waals surface area (Å²) < 4.78 is 10.2. The van der Waals surface area contributed by atoms with Crippen LogP contribution in [0.1, 0.15) is 41.0 Å². The Hall–Kier alpha value is -1.10. The number of nitrogens with one attached hydrogen (secondary N) is 1. The molecule has 0 aromatic carbocycles. The van der Waals surface area contributed by atoms with Gasteiger partial charge in [-0.25, -0.2) is 4.79 Å². The van der Waals surface area contributed by atoms with Crippen LogP contribution in [0.4, 0.5) is 0 Å². The van der Waals surface area contributed by atoms with Crippen molar-refractivity contribution in [2.75, 3.05) is 13.2 Å². The Bertz CT molecular complexity index is 264. The molecule has 106 valence electrons. The van der Waals surface area contributed by atoms with Crippen molar-refractivity contribution < 1.29 is 19.1 Å². The van der Waals surface area contributed by atoms with Gasteiger partial charge in [0.15, 0.2) is 12.7 Å². The minimum Gasteiger partial charge on any atom is -0.454 e. The molecular formula is C13H25NO4. The van der Waals surface area contributed by atoms with Gasteiger partial charge in [-0.1, -0.05) is 13.8 Å². The molecule has 0 spiro atoms. The Morgan fingerprint density at radius 1 is 1.11 bits per heavy atom. The summed E-state index contributed by atoms with van der Waals surface area (Å²) in [4.78, 5) is 22.7. The van der Waals surface area contributed by atoms with Crippen LogP contribution in [-0.2, 0) is 19.1 Å². The lowest BCUT2D eigenvalue weighted by atomic mass is 10.1. The molecule has 0 aliphatic heterocycles. The third-order valence-electron chi connectivity index (χ3n) is 2.19. The third-order valence-corrected chi connectivity index (χ3v) is 2.19. The fourth-order valence-electron chi connectivity index (χ4n) is 1.17. The molecule has 1 N–H and O–H groups in total. The van der Waals surface area contributed by atoms with E-state index in [0.29, 0.717) is 12.5 Å². The van der Waals surface area contributed by atoms with Crippen molar-refractivity contribution in [3.63, 3.8) is 0 Å². The van der Waals surface area contributed by atoms with Crippen LogP contribution in [0, 0.1) is 5.92 Å². The lowest BCUT2D eigenvalue weighted by Gasteiger charge is -2.14. The molecule has 1 amide bonds. The van der Waals surface area contributed by atoms with Gasteiger partial charge in [0, 0.05) is 12.6 Å². The zero-order valence-electron chi connectivity index (χ0n) is 12.0. The van der Waals surface area contributed by atoms with Crippen molar-refractivity contribution in [2.24, 2.45) is 5.92 Å². The molecule has 0 saturated heterocycles. The summed E-state index contributed by atoms with van der Waals surface area (Å²) in [6, 6.07) is 0.0379. The van der Waals surface area contributed by atoms with E-state index >= 15 is 0 Å². The van der Waals surface area contributed by atoms with Crippen LogP contribution >= 0.6 is 0 Å². The summed E-state index contributed by atoms with van der Waals surface area (Å²) in [6.45, 7) is 9.75. The van der Waals surface area contributed by atoms with Crippen LogP contribution in [0.3, 0.4) is 0 Å². The maximum absolute atomic E-state index is 11.5. The van der Waals surface area contributed by atoms with Gasteiger partial charge in [0.25, 0.3) is 5.91 Å². The quantitative estimate of drug-likeness (QED) is 0.671. The maximum Gasteiger partial charge on any atom is 0.335 e. The molecule has 0 aliphatic carbocycles. The van der Waals surface area contributed by atoms with Gasteiger partial charge in [-0.2, -0.15) is 0 Å².